The van der Waals surface area contributed by atoms with Gasteiger partial charge in [0.25, 0.3) is 0 Å². The van der Waals surface area contributed by atoms with Crippen LogP contribution in [0.2, 0.25) is 0 Å². The van der Waals surface area contributed by atoms with Gasteiger partial charge in [-0.15, -0.1) is 0 Å². The van der Waals surface area contributed by atoms with Crippen molar-refractivity contribution in [3.8, 4) is 0 Å². The summed E-state index contributed by atoms with van der Waals surface area (Å²) in [5.74, 6) is 0. The molecule has 1 aromatic heterocycles. The molecule has 7 heteroatoms. The molecule has 1 fully saturated rings. The van der Waals surface area contributed by atoms with Crippen molar-refractivity contribution in [2.24, 2.45) is 0 Å². The van der Waals surface area contributed by atoms with Crippen LogP contribution in [-0.4, -0.2) is 27.8 Å². The Morgan fingerprint density at radius 3 is 2.73 bits per heavy atom. The van der Waals surface area contributed by atoms with Gasteiger partial charge in [-0.1, -0.05) is 23.4 Å². The van der Waals surface area contributed by atoms with Crippen LogP contribution in [0.1, 0.15) is 29.3 Å². The molecule has 0 saturated carbocycles. The second kappa shape index (κ2) is 5.73. The van der Waals surface area contributed by atoms with E-state index >= 15 is 0 Å². The molecule has 2 heterocycles. The van der Waals surface area contributed by atoms with Crippen molar-refractivity contribution in [1.29, 1.82) is 0 Å². The fourth-order valence-corrected chi connectivity index (χ4v) is 2.95. The van der Waals surface area contributed by atoms with Gasteiger partial charge in [-0.25, -0.2) is 0 Å². The molecule has 1 N–H and O–H groups in total. The molecular weight excluding hydrogens is 297 g/mol. The van der Waals surface area contributed by atoms with Crippen LogP contribution in [0.25, 0.3) is 0 Å². The maximum absolute atomic E-state index is 13.2. The molecule has 1 aliphatic heterocycles. The summed E-state index contributed by atoms with van der Waals surface area (Å²) in [6.45, 7) is 0.647. The normalized spacial score (nSPS) is 23.1. The third kappa shape index (κ3) is 3.00. The lowest BCUT2D eigenvalue weighted by Gasteiger charge is -2.26. The maximum Gasteiger partial charge on any atom is 0.416 e. The fraction of sp³-hybridized carbons (Fsp3) is 0.400. The van der Waals surface area contributed by atoms with Crippen molar-refractivity contribution < 1.29 is 22.8 Å². The van der Waals surface area contributed by atoms with Crippen molar-refractivity contribution in [3.63, 3.8) is 0 Å². The molecule has 1 aliphatic rings. The van der Waals surface area contributed by atoms with Crippen LogP contribution in [0.3, 0.4) is 0 Å². The number of hydrogen-bond donors (Lipinski definition) is 1. The van der Waals surface area contributed by atoms with Gasteiger partial charge in [0.2, 0.25) is 0 Å². The summed E-state index contributed by atoms with van der Waals surface area (Å²) in [7, 11) is 0. The predicted octanol–water partition coefficient (Wildman–Crippen LogP) is 3.00. The monoisotopic (exact) mass is 312 g/mol. The lowest BCUT2D eigenvalue weighted by molar-refractivity contribution is -0.138. The lowest BCUT2D eigenvalue weighted by atomic mass is 9.97. The van der Waals surface area contributed by atoms with E-state index in [1.807, 2.05) is 0 Å². The zero-order valence-corrected chi connectivity index (χ0v) is 11.6. The van der Waals surface area contributed by atoms with Gasteiger partial charge in [0.1, 0.15) is 6.26 Å². The lowest BCUT2D eigenvalue weighted by Crippen LogP contribution is -2.26. The van der Waals surface area contributed by atoms with Crippen LogP contribution in [0.15, 0.2) is 41.1 Å². The Morgan fingerprint density at radius 1 is 1.27 bits per heavy atom. The molecule has 0 spiro atoms. The quantitative estimate of drug-likeness (QED) is 0.946. The average Bonchev–Trinajstić information content (AvgIpc) is 3.08. The van der Waals surface area contributed by atoms with E-state index in [0.717, 1.165) is 6.07 Å². The Balaban J connectivity index is 1.92. The largest absolute Gasteiger partial charge is 0.416 e. The van der Waals surface area contributed by atoms with E-state index < -0.39 is 23.9 Å². The van der Waals surface area contributed by atoms with E-state index in [9.17, 15) is 18.3 Å². The number of likely N-dealkylation sites (tertiary alicyclic amines) is 1. The Labute approximate surface area is 125 Å². The van der Waals surface area contributed by atoms with Gasteiger partial charge in [0, 0.05) is 25.2 Å². The van der Waals surface area contributed by atoms with Crippen molar-refractivity contribution in [3.05, 3.63) is 53.4 Å². The smallest absolute Gasteiger partial charge is 0.392 e. The first kappa shape index (κ1) is 15.1. The first-order valence-corrected chi connectivity index (χ1v) is 6.92. The molecule has 0 radical (unpaired) electrons. The van der Waals surface area contributed by atoms with Gasteiger partial charge < -0.3 is 9.63 Å². The van der Waals surface area contributed by atoms with Gasteiger partial charge in [0.15, 0.2) is 0 Å². The number of aliphatic hydroxyl groups is 1. The van der Waals surface area contributed by atoms with E-state index in [1.165, 1.54) is 18.4 Å². The highest BCUT2D eigenvalue weighted by atomic mass is 19.4. The topological polar surface area (TPSA) is 49.5 Å². The Hall–Kier alpha value is -1.86. The molecule has 22 heavy (non-hydrogen) atoms. The van der Waals surface area contributed by atoms with E-state index in [1.54, 1.807) is 17.0 Å². The van der Waals surface area contributed by atoms with E-state index in [-0.39, 0.29) is 12.0 Å². The van der Waals surface area contributed by atoms with Gasteiger partial charge >= 0.3 is 6.18 Å². The summed E-state index contributed by atoms with van der Waals surface area (Å²) < 4.78 is 44.3. The molecule has 0 bridgehead atoms. The second-order valence-electron chi connectivity index (χ2n) is 5.41. The molecule has 0 amide bonds. The van der Waals surface area contributed by atoms with Crippen molar-refractivity contribution in [1.82, 2.24) is 10.1 Å². The van der Waals surface area contributed by atoms with Crippen LogP contribution >= 0.6 is 0 Å². The van der Waals surface area contributed by atoms with Gasteiger partial charge in [-0.3, -0.25) is 4.90 Å². The first-order valence-electron chi connectivity index (χ1n) is 6.92. The van der Waals surface area contributed by atoms with Gasteiger partial charge in [0.05, 0.1) is 17.4 Å². The summed E-state index contributed by atoms with van der Waals surface area (Å²) >= 11 is 0. The van der Waals surface area contributed by atoms with Gasteiger partial charge in [-0.05, 0) is 18.1 Å². The summed E-state index contributed by atoms with van der Waals surface area (Å²) in [6, 6.07) is 6.68. The molecule has 0 aliphatic carbocycles. The number of benzene rings is 1. The SMILES string of the molecule is O[C@@H]1C[C@H](c2ccccc2C(F)(F)F)N(Cc2ccon2)C1. The summed E-state index contributed by atoms with van der Waals surface area (Å²) in [5.41, 5.74) is 0.165. The van der Waals surface area contributed by atoms with Crippen molar-refractivity contribution in [2.45, 2.75) is 31.3 Å². The summed E-state index contributed by atoms with van der Waals surface area (Å²) in [4.78, 5) is 1.80. The molecule has 1 saturated heterocycles. The highest BCUT2D eigenvalue weighted by molar-refractivity contribution is 5.33. The number of aliphatic hydroxyl groups excluding tert-OH is 1. The Bertz CT molecular complexity index is 628. The molecular formula is C15H15F3N2O2. The zero-order valence-electron chi connectivity index (χ0n) is 11.6. The zero-order chi connectivity index (χ0) is 15.7. The first-order chi connectivity index (χ1) is 10.4. The molecule has 3 rings (SSSR count). The molecule has 0 unspecified atom stereocenters. The standard InChI is InChI=1S/C15H15F3N2O2/c16-15(17,18)13-4-2-1-3-12(13)14-7-11(21)9-20(14)8-10-5-6-22-19-10/h1-6,11,14,21H,7-9H2/t11-,14-/m1/s1. The van der Waals surface area contributed by atoms with E-state index in [2.05, 4.69) is 5.16 Å². The molecule has 2 atom stereocenters. The minimum Gasteiger partial charge on any atom is -0.392 e. The highest BCUT2D eigenvalue weighted by Crippen LogP contribution is 2.40. The van der Waals surface area contributed by atoms with Gasteiger partial charge in [-0.2, -0.15) is 13.2 Å². The van der Waals surface area contributed by atoms with Crippen LogP contribution in [0.5, 0.6) is 0 Å². The Morgan fingerprint density at radius 2 is 2.05 bits per heavy atom. The summed E-state index contributed by atoms with van der Waals surface area (Å²) in [6.07, 6.45) is -3.38. The third-order valence-electron chi connectivity index (χ3n) is 3.86. The number of halogens is 3. The predicted molar refractivity (Wildman–Crippen MR) is 71.7 cm³/mol. The van der Waals surface area contributed by atoms with Crippen LogP contribution in [0, 0.1) is 0 Å². The van der Waals surface area contributed by atoms with Crippen molar-refractivity contribution >= 4 is 0 Å². The molecule has 4 nitrogen and oxygen atoms in total. The van der Waals surface area contributed by atoms with Crippen LogP contribution < -0.4 is 0 Å². The van der Waals surface area contributed by atoms with E-state index in [0.29, 0.717) is 18.8 Å². The second-order valence-corrected chi connectivity index (χ2v) is 5.41. The van der Waals surface area contributed by atoms with Crippen LogP contribution in [-0.2, 0) is 12.7 Å². The third-order valence-corrected chi connectivity index (χ3v) is 3.86. The van der Waals surface area contributed by atoms with Crippen LogP contribution in [0.4, 0.5) is 13.2 Å². The number of aromatic nitrogens is 1. The number of rotatable bonds is 3. The number of hydrogen-bond acceptors (Lipinski definition) is 4. The average molecular weight is 312 g/mol. The highest BCUT2D eigenvalue weighted by Gasteiger charge is 2.39. The number of β-amino-alcohol motifs (C(OH)–C–C–N with tert-alkyl or cyclic N) is 1. The molecule has 1 aromatic carbocycles. The minimum absolute atomic E-state index is 0.190. The van der Waals surface area contributed by atoms with Crippen molar-refractivity contribution in [2.75, 3.05) is 6.54 Å². The number of alkyl halides is 3. The molecule has 2 aromatic rings. The number of nitrogens with zero attached hydrogens (tertiary/aromatic N) is 2. The summed E-state index contributed by atoms with van der Waals surface area (Å²) in [5, 5.41) is 13.7. The maximum atomic E-state index is 13.2. The fourth-order valence-electron chi connectivity index (χ4n) is 2.95. The Kier molecular flexibility index (Phi) is 3.92. The molecule has 118 valence electrons. The van der Waals surface area contributed by atoms with E-state index in [4.69, 9.17) is 4.52 Å². The minimum atomic E-state index is -4.41.